The van der Waals surface area contributed by atoms with Crippen LogP contribution in [-0.2, 0) is 4.74 Å². The highest BCUT2D eigenvalue weighted by Gasteiger charge is 2.17. The van der Waals surface area contributed by atoms with Crippen molar-refractivity contribution in [1.82, 2.24) is 0 Å². The highest BCUT2D eigenvalue weighted by Crippen LogP contribution is 2.27. The second-order valence-corrected chi connectivity index (χ2v) is 6.22. The van der Waals surface area contributed by atoms with E-state index in [1.54, 1.807) is 18.2 Å². The minimum Gasteiger partial charge on any atom is -0.456 e. The highest BCUT2D eigenvalue weighted by atomic mass is 35.5. The van der Waals surface area contributed by atoms with Gasteiger partial charge in [-0.05, 0) is 56.2 Å². The van der Waals surface area contributed by atoms with Crippen molar-refractivity contribution >= 4 is 23.3 Å². The number of hydrogen-bond donors (Lipinski definition) is 1. The third-order valence-corrected chi connectivity index (χ3v) is 3.19. The molecule has 0 spiro atoms. The van der Waals surface area contributed by atoms with Crippen molar-refractivity contribution in [3.63, 3.8) is 0 Å². The summed E-state index contributed by atoms with van der Waals surface area (Å²) in [4.78, 5) is 11.9. The molecule has 0 amide bonds. The highest BCUT2D eigenvalue weighted by molar-refractivity contribution is 6.33. The van der Waals surface area contributed by atoms with Gasteiger partial charge in [-0.15, -0.1) is 0 Å². The Kier molecular flexibility index (Phi) is 4.24. The summed E-state index contributed by atoms with van der Waals surface area (Å²) in [6.07, 6.45) is 0. The van der Waals surface area contributed by atoms with Crippen LogP contribution in [-0.4, -0.2) is 11.6 Å². The van der Waals surface area contributed by atoms with Crippen molar-refractivity contribution in [1.29, 1.82) is 0 Å². The molecule has 2 rings (SSSR count). The number of esters is 1. The Balaban J connectivity index is 2.22. The van der Waals surface area contributed by atoms with Gasteiger partial charge in [0.2, 0.25) is 0 Å². The molecule has 3 nitrogen and oxygen atoms in total. The molecule has 0 bridgehead atoms. The first-order valence-corrected chi connectivity index (χ1v) is 7.03. The lowest BCUT2D eigenvalue weighted by molar-refractivity contribution is 0.00696. The van der Waals surface area contributed by atoms with E-state index in [0.29, 0.717) is 16.3 Å². The Morgan fingerprint density at radius 2 is 1.62 bits per heavy atom. The summed E-state index contributed by atoms with van der Waals surface area (Å²) >= 11 is 5.91. The quantitative estimate of drug-likeness (QED) is 0.654. The molecule has 2 N–H and O–H groups in total. The average molecular weight is 304 g/mol. The van der Waals surface area contributed by atoms with Gasteiger partial charge in [-0.1, -0.05) is 29.8 Å². The largest absolute Gasteiger partial charge is 0.456 e. The molecular weight excluding hydrogens is 286 g/mol. The molecule has 21 heavy (non-hydrogen) atoms. The number of rotatable bonds is 2. The van der Waals surface area contributed by atoms with E-state index in [9.17, 15) is 4.79 Å². The fraction of sp³-hybridized carbons (Fsp3) is 0.235. The average Bonchev–Trinajstić information content (AvgIpc) is 2.40. The smallest absolute Gasteiger partial charge is 0.338 e. The van der Waals surface area contributed by atoms with Crippen LogP contribution in [0.2, 0.25) is 5.02 Å². The SMILES string of the molecule is CC(C)(C)OC(=O)c1ccc(-c2ccc(Cl)c(N)c2)cc1. The molecule has 0 unspecified atom stereocenters. The summed E-state index contributed by atoms with van der Waals surface area (Å²) in [5.41, 5.74) is 8.27. The zero-order valence-electron chi connectivity index (χ0n) is 12.3. The zero-order valence-corrected chi connectivity index (χ0v) is 13.1. The van der Waals surface area contributed by atoms with Crippen LogP contribution in [0.4, 0.5) is 5.69 Å². The van der Waals surface area contributed by atoms with Gasteiger partial charge in [0.1, 0.15) is 5.60 Å². The van der Waals surface area contributed by atoms with E-state index in [1.165, 1.54) is 0 Å². The normalized spacial score (nSPS) is 11.2. The van der Waals surface area contributed by atoms with Crippen molar-refractivity contribution in [3.05, 3.63) is 53.1 Å². The number of benzene rings is 2. The molecule has 0 aliphatic heterocycles. The third-order valence-electron chi connectivity index (χ3n) is 2.85. The van der Waals surface area contributed by atoms with E-state index in [0.717, 1.165) is 11.1 Å². The predicted octanol–water partition coefficient (Wildman–Crippen LogP) is 4.54. The summed E-state index contributed by atoms with van der Waals surface area (Å²) in [7, 11) is 0. The number of nitrogen functional groups attached to an aromatic ring is 1. The van der Waals surface area contributed by atoms with Crippen LogP contribution in [0.3, 0.4) is 0 Å². The van der Waals surface area contributed by atoms with E-state index in [2.05, 4.69) is 0 Å². The van der Waals surface area contributed by atoms with E-state index < -0.39 is 5.60 Å². The summed E-state index contributed by atoms with van der Waals surface area (Å²) in [6, 6.07) is 12.7. The molecule has 110 valence electrons. The number of halogens is 1. The van der Waals surface area contributed by atoms with Crippen molar-refractivity contribution in [3.8, 4) is 11.1 Å². The summed E-state index contributed by atoms with van der Waals surface area (Å²) in [5, 5.41) is 0.532. The maximum atomic E-state index is 11.9. The molecule has 0 saturated carbocycles. The minimum absolute atomic E-state index is 0.329. The van der Waals surface area contributed by atoms with Gasteiger partial charge in [0.25, 0.3) is 0 Å². The minimum atomic E-state index is -0.500. The van der Waals surface area contributed by atoms with Crippen molar-refractivity contribution in [2.75, 3.05) is 5.73 Å². The van der Waals surface area contributed by atoms with E-state index >= 15 is 0 Å². The second-order valence-electron chi connectivity index (χ2n) is 5.82. The van der Waals surface area contributed by atoms with Crippen LogP contribution in [0.15, 0.2) is 42.5 Å². The fourth-order valence-corrected chi connectivity index (χ4v) is 1.98. The second kappa shape index (κ2) is 5.78. The molecule has 2 aromatic carbocycles. The van der Waals surface area contributed by atoms with Crippen LogP contribution < -0.4 is 5.73 Å². The Morgan fingerprint density at radius 1 is 1.05 bits per heavy atom. The first kappa shape index (κ1) is 15.4. The van der Waals surface area contributed by atoms with Gasteiger partial charge >= 0.3 is 5.97 Å². The van der Waals surface area contributed by atoms with Crippen LogP contribution in [0.25, 0.3) is 11.1 Å². The first-order valence-electron chi connectivity index (χ1n) is 6.65. The van der Waals surface area contributed by atoms with Gasteiger partial charge in [-0.2, -0.15) is 0 Å². The van der Waals surface area contributed by atoms with Gasteiger partial charge < -0.3 is 10.5 Å². The molecule has 0 aliphatic rings. The van der Waals surface area contributed by atoms with Gasteiger partial charge in [0, 0.05) is 0 Å². The number of carbonyl (C=O) groups is 1. The lowest BCUT2D eigenvalue weighted by Gasteiger charge is -2.19. The van der Waals surface area contributed by atoms with Gasteiger partial charge in [0.05, 0.1) is 16.3 Å². The number of hydrogen-bond acceptors (Lipinski definition) is 3. The first-order chi connectivity index (χ1) is 9.76. The van der Waals surface area contributed by atoms with Crippen molar-refractivity contribution in [2.24, 2.45) is 0 Å². The molecule has 0 fully saturated rings. The van der Waals surface area contributed by atoms with Crippen LogP contribution in [0, 0.1) is 0 Å². The third kappa shape index (κ3) is 3.99. The van der Waals surface area contributed by atoms with E-state index in [1.807, 2.05) is 45.0 Å². The molecule has 0 atom stereocenters. The Hall–Kier alpha value is -2.00. The lowest BCUT2D eigenvalue weighted by atomic mass is 10.0. The summed E-state index contributed by atoms with van der Waals surface area (Å²) < 4.78 is 5.33. The fourth-order valence-electron chi connectivity index (χ4n) is 1.86. The summed E-state index contributed by atoms with van der Waals surface area (Å²) in [5.74, 6) is -0.329. The summed E-state index contributed by atoms with van der Waals surface area (Å²) in [6.45, 7) is 5.53. The molecule has 4 heteroatoms. The topological polar surface area (TPSA) is 52.3 Å². The molecule has 0 radical (unpaired) electrons. The number of nitrogens with two attached hydrogens (primary N) is 1. The molecule has 0 heterocycles. The van der Waals surface area contributed by atoms with E-state index in [-0.39, 0.29) is 5.97 Å². The van der Waals surface area contributed by atoms with Gasteiger partial charge in [-0.25, -0.2) is 4.79 Å². The molecular formula is C17H18ClNO2. The van der Waals surface area contributed by atoms with E-state index in [4.69, 9.17) is 22.1 Å². The maximum Gasteiger partial charge on any atom is 0.338 e. The standard InChI is InChI=1S/C17H18ClNO2/c1-17(2,3)21-16(20)12-6-4-11(5-7-12)13-8-9-14(18)15(19)10-13/h4-10H,19H2,1-3H3. The number of ether oxygens (including phenoxy) is 1. The van der Waals surface area contributed by atoms with Crippen LogP contribution in [0.1, 0.15) is 31.1 Å². The lowest BCUT2D eigenvalue weighted by Crippen LogP contribution is -2.23. The number of anilines is 1. The molecule has 0 saturated heterocycles. The monoisotopic (exact) mass is 303 g/mol. The Labute approximate surface area is 129 Å². The Bertz CT molecular complexity index is 657. The van der Waals surface area contributed by atoms with Crippen molar-refractivity contribution in [2.45, 2.75) is 26.4 Å². The van der Waals surface area contributed by atoms with Gasteiger partial charge in [0.15, 0.2) is 0 Å². The van der Waals surface area contributed by atoms with Gasteiger partial charge in [-0.3, -0.25) is 0 Å². The number of carbonyl (C=O) groups excluding carboxylic acids is 1. The maximum absolute atomic E-state index is 11.9. The Morgan fingerprint density at radius 3 is 2.14 bits per heavy atom. The van der Waals surface area contributed by atoms with Crippen LogP contribution >= 0.6 is 11.6 Å². The molecule has 0 aliphatic carbocycles. The molecule has 2 aromatic rings. The predicted molar refractivity (Wildman–Crippen MR) is 86.5 cm³/mol. The zero-order chi connectivity index (χ0) is 15.6. The van der Waals surface area contributed by atoms with Crippen LogP contribution in [0.5, 0.6) is 0 Å². The van der Waals surface area contributed by atoms with Crippen molar-refractivity contribution < 1.29 is 9.53 Å². The molecule has 0 aromatic heterocycles.